The minimum atomic E-state index is -4.52. The SMILES string of the molecule is CCNc1nccnc1N(C)CC(O)COc1ccccc1C(F)(F)F. The molecule has 0 radical (unpaired) electrons. The van der Waals surface area contributed by atoms with E-state index in [0.29, 0.717) is 18.2 Å². The normalized spacial score (nSPS) is 12.5. The van der Waals surface area contributed by atoms with Crippen LogP contribution in [-0.2, 0) is 6.18 Å². The molecule has 0 amide bonds. The van der Waals surface area contributed by atoms with Gasteiger partial charge in [-0.1, -0.05) is 12.1 Å². The monoisotopic (exact) mass is 370 g/mol. The molecule has 26 heavy (non-hydrogen) atoms. The van der Waals surface area contributed by atoms with Crippen LogP contribution in [0.3, 0.4) is 0 Å². The minimum absolute atomic E-state index is 0.116. The van der Waals surface area contributed by atoms with Crippen molar-refractivity contribution in [2.24, 2.45) is 0 Å². The summed E-state index contributed by atoms with van der Waals surface area (Å²) in [7, 11) is 1.71. The number of aromatic nitrogens is 2. The third-order valence-corrected chi connectivity index (χ3v) is 3.49. The number of nitrogens with zero attached hydrogens (tertiary/aromatic N) is 3. The number of ether oxygens (including phenoxy) is 1. The molecule has 1 aromatic heterocycles. The second kappa shape index (κ2) is 8.70. The predicted octanol–water partition coefficient (Wildman–Crippen LogP) is 2.80. The zero-order valence-electron chi connectivity index (χ0n) is 14.5. The first-order valence-corrected chi connectivity index (χ1v) is 8.06. The molecule has 6 nitrogen and oxygen atoms in total. The number of likely N-dealkylation sites (N-methyl/N-ethyl adjacent to an activating group) is 1. The van der Waals surface area contributed by atoms with Crippen molar-refractivity contribution in [1.29, 1.82) is 0 Å². The molecule has 0 spiro atoms. The number of alkyl halides is 3. The molecule has 0 saturated carbocycles. The maximum atomic E-state index is 12.9. The molecule has 0 aliphatic rings. The van der Waals surface area contributed by atoms with Crippen molar-refractivity contribution < 1.29 is 23.0 Å². The van der Waals surface area contributed by atoms with Crippen LogP contribution in [0.25, 0.3) is 0 Å². The average Bonchev–Trinajstić information content (AvgIpc) is 2.60. The Morgan fingerprint density at radius 3 is 2.62 bits per heavy atom. The fourth-order valence-corrected chi connectivity index (χ4v) is 2.37. The van der Waals surface area contributed by atoms with Gasteiger partial charge < -0.3 is 20.1 Å². The van der Waals surface area contributed by atoms with Gasteiger partial charge in [0.2, 0.25) is 0 Å². The third-order valence-electron chi connectivity index (χ3n) is 3.49. The van der Waals surface area contributed by atoms with Gasteiger partial charge in [0.15, 0.2) is 11.6 Å². The van der Waals surface area contributed by atoms with Crippen molar-refractivity contribution in [2.45, 2.75) is 19.2 Å². The Labute approximate surface area is 149 Å². The van der Waals surface area contributed by atoms with Crippen molar-refractivity contribution in [3.63, 3.8) is 0 Å². The molecular formula is C17H21F3N4O2. The van der Waals surface area contributed by atoms with E-state index in [-0.39, 0.29) is 18.9 Å². The second-order valence-corrected chi connectivity index (χ2v) is 5.60. The van der Waals surface area contributed by atoms with E-state index in [9.17, 15) is 18.3 Å². The highest BCUT2D eigenvalue weighted by Crippen LogP contribution is 2.35. The quantitative estimate of drug-likeness (QED) is 0.745. The summed E-state index contributed by atoms with van der Waals surface area (Å²) in [6.45, 7) is 2.40. The van der Waals surface area contributed by atoms with Crippen LogP contribution < -0.4 is 15.0 Å². The van der Waals surface area contributed by atoms with Gasteiger partial charge >= 0.3 is 6.18 Å². The van der Waals surface area contributed by atoms with Crippen molar-refractivity contribution in [3.8, 4) is 5.75 Å². The van der Waals surface area contributed by atoms with Crippen LogP contribution in [0.4, 0.5) is 24.8 Å². The van der Waals surface area contributed by atoms with E-state index < -0.39 is 17.8 Å². The average molecular weight is 370 g/mol. The second-order valence-electron chi connectivity index (χ2n) is 5.60. The number of hydrogen-bond donors (Lipinski definition) is 2. The maximum absolute atomic E-state index is 12.9. The lowest BCUT2D eigenvalue weighted by Gasteiger charge is -2.24. The minimum Gasteiger partial charge on any atom is -0.490 e. The topological polar surface area (TPSA) is 70.5 Å². The molecule has 1 aromatic carbocycles. The first kappa shape index (κ1) is 19.8. The molecule has 0 aliphatic heterocycles. The number of halogens is 3. The summed E-state index contributed by atoms with van der Waals surface area (Å²) in [4.78, 5) is 10.1. The first-order chi connectivity index (χ1) is 12.3. The molecule has 9 heteroatoms. The van der Waals surface area contributed by atoms with Crippen LogP contribution in [0.5, 0.6) is 5.75 Å². The van der Waals surface area contributed by atoms with Gasteiger partial charge in [0.1, 0.15) is 18.5 Å². The fraction of sp³-hybridized carbons (Fsp3) is 0.412. The van der Waals surface area contributed by atoms with Crippen molar-refractivity contribution in [2.75, 3.05) is 37.0 Å². The first-order valence-electron chi connectivity index (χ1n) is 8.06. The van der Waals surface area contributed by atoms with E-state index in [1.54, 1.807) is 18.1 Å². The van der Waals surface area contributed by atoms with E-state index in [2.05, 4.69) is 15.3 Å². The largest absolute Gasteiger partial charge is 0.490 e. The van der Waals surface area contributed by atoms with Crippen LogP contribution >= 0.6 is 0 Å². The number of nitrogens with one attached hydrogen (secondary N) is 1. The Morgan fingerprint density at radius 2 is 1.92 bits per heavy atom. The van der Waals surface area contributed by atoms with E-state index in [4.69, 9.17) is 4.74 Å². The lowest BCUT2D eigenvalue weighted by atomic mass is 10.2. The van der Waals surface area contributed by atoms with E-state index in [0.717, 1.165) is 6.07 Å². The molecule has 0 bridgehead atoms. The lowest BCUT2D eigenvalue weighted by Crippen LogP contribution is -2.34. The van der Waals surface area contributed by atoms with Crippen molar-refractivity contribution in [1.82, 2.24) is 9.97 Å². The summed E-state index contributed by atoms with van der Waals surface area (Å²) < 4.78 is 44.0. The van der Waals surface area contributed by atoms with Crippen LogP contribution in [0.2, 0.25) is 0 Å². The van der Waals surface area contributed by atoms with Crippen LogP contribution in [-0.4, -0.2) is 47.9 Å². The maximum Gasteiger partial charge on any atom is 0.419 e. The smallest absolute Gasteiger partial charge is 0.419 e. The van der Waals surface area contributed by atoms with Gasteiger partial charge in [-0.2, -0.15) is 13.2 Å². The number of hydrogen-bond acceptors (Lipinski definition) is 6. The number of rotatable bonds is 8. The fourth-order valence-electron chi connectivity index (χ4n) is 2.37. The highest BCUT2D eigenvalue weighted by molar-refractivity contribution is 5.60. The summed E-state index contributed by atoms with van der Waals surface area (Å²) in [5.41, 5.74) is -0.871. The number of aliphatic hydroxyl groups excluding tert-OH is 1. The summed E-state index contributed by atoms with van der Waals surface area (Å²) in [5.74, 6) is 0.784. The van der Waals surface area contributed by atoms with Gasteiger partial charge in [-0.15, -0.1) is 0 Å². The summed E-state index contributed by atoms with van der Waals surface area (Å²) in [5, 5.41) is 13.2. The van der Waals surface area contributed by atoms with Gasteiger partial charge in [-0.05, 0) is 19.1 Å². The molecule has 2 aromatic rings. The van der Waals surface area contributed by atoms with Crippen LogP contribution in [0, 0.1) is 0 Å². The predicted molar refractivity (Wildman–Crippen MR) is 92.4 cm³/mol. The molecule has 2 rings (SSSR count). The molecule has 1 unspecified atom stereocenters. The third kappa shape index (κ3) is 5.22. The zero-order valence-corrected chi connectivity index (χ0v) is 14.5. The van der Waals surface area contributed by atoms with E-state index in [1.165, 1.54) is 24.4 Å². The summed E-state index contributed by atoms with van der Waals surface area (Å²) in [6, 6.07) is 4.91. The van der Waals surface area contributed by atoms with Gasteiger partial charge in [-0.25, -0.2) is 9.97 Å². The highest BCUT2D eigenvalue weighted by Gasteiger charge is 2.34. The number of anilines is 2. The van der Waals surface area contributed by atoms with Crippen LogP contribution in [0.15, 0.2) is 36.7 Å². The van der Waals surface area contributed by atoms with E-state index >= 15 is 0 Å². The molecule has 0 fully saturated rings. The Kier molecular flexibility index (Phi) is 6.62. The van der Waals surface area contributed by atoms with E-state index in [1.807, 2.05) is 6.92 Å². The Balaban J connectivity index is 1.99. The van der Waals surface area contributed by atoms with Crippen molar-refractivity contribution in [3.05, 3.63) is 42.2 Å². The van der Waals surface area contributed by atoms with Gasteiger partial charge in [0.25, 0.3) is 0 Å². The number of aliphatic hydroxyl groups is 1. The summed E-state index contributed by atoms with van der Waals surface area (Å²) in [6.07, 6.45) is -2.46. The summed E-state index contributed by atoms with van der Waals surface area (Å²) >= 11 is 0. The van der Waals surface area contributed by atoms with Crippen LogP contribution in [0.1, 0.15) is 12.5 Å². The Hall–Kier alpha value is -2.55. The molecule has 1 atom stereocenters. The van der Waals surface area contributed by atoms with Gasteiger partial charge in [0.05, 0.1) is 5.56 Å². The molecule has 2 N–H and O–H groups in total. The molecular weight excluding hydrogens is 349 g/mol. The molecule has 0 aliphatic carbocycles. The number of benzene rings is 1. The standard InChI is InChI=1S/C17H21F3N4O2/c1-3-21-15-16(23-9-8-22-15)24(2)10-12(25)11-26-14-7-5-4-6-13(14)17(18,19)20/h4-9,12,25H,3,10-11H2,1-2H3,(H,21,22). The van der Waals surface area contributed by atoms with Crippen molar-refractivity contribution >= 4 is 11.6 Å². The molecule has 1 heterocycles. The molecule has 142 valence electrons. The lowest BCUT2D eigenvalue weighted by molar-refractivity contribution is -0.139. The Morgan fingerprint density at radius 1 is 1.23 bits per heavy atom. The Bertz CT molecular complexity index is 712. The molecule has 0 saturated heterocycles. The van der Waals surface area contributed by atoms with Gasteiger partial charge in [-0.3, -0.25) is 0 Å². The highest BCUT2D eigenvalue weighted by atomic mass is 19.4. The number of para-hydroxylation sites is 1. The zero-order chi connectivity index (χ0) is 19.2. The van der Waals surface area contributed by atoms with Gasteiger partial charge in [0, 0.05) is 32.5 Å².